The van der Waals surface area contributed by atoms with E-state index in [4.69, 9.17) is 10.3 Å². The Bertz CT molecular complexity index is 1010. The van der Waals surface area contributed by atoms with Crippen molar-refractivity contribution in [1.82, 2.24) is 5.16 Å². The number of rotatable bonds is 9. The van der Waals surface area contributed by atoms with Crippen molar-refractivity contribution in [1.29, 1.82) is 0 Å². The third-order valence-corrected chi connectivity index (χ3v) is 5.26. The molecule has 1 atom stereocenters. The Kier molecular flexibility index (Phi) is 6.59. The molecule has 0 aliphatic rings. The van der Waals surface area contributed by atoms with Gasteiger partial charge >= 0.3 is 5.97 Å². The number of aromatic nitrogens is 1. The first-order valence-electron chi connectivity index (χ1n) is 8.38. The maximum absolute atomic E-state index is 12.4. The van der Waals surface area contributed by atoms with Crippen LogP contribution in [-0.2, 0) is 24.4 Å². The molecule has 2 amide bonds. The number of hydrogen-bond donors (Lipinski definition) is 3. The number of benzene rings is 1. The summed E-state index contributed by atoms with van der Waals surface area (Å²) in [7, 11) is -3.97. The molecule has 2 rings (SSSR count). The van der Waals surface area contributed by atoms with E-state index < -0.39 is 33.8 Å². The van der Waals surface area contributed by atoms with E-state index in [1.54, 1.807) is 6.92 Å². The Balaban J connectivity index is 2.29. The minimum atomic E-state index is -3.97. The highest BCUT2D eigenvalue weighted by Gasteiger charge is 2.29. The molecule has 2 aromatic rings. The number of primary amides is 1. The molecule has 11 nitrogen and oxygen atoms in total. The Labute approximate surface area is 166 Å². The van der Waals surface area contributed by atoms with Crippen LogP contribution in [0.25, 0.3) is 0 Å². The molecule has 156 valence electrons. The van der Waals surface area contributed by atoms with Crippen LogP contribution in [-0.4, -0.2) is 42.5 Å². The quantitative estimate of drug-likeness (QED) is 0.531. The van der Waals surface area contributed by atoms with Gasteiger partial charge in [-0.15, -0.1) is 0 Å². The molecule has 0 aliphatic carbocycles. The number of carboxylic acids is 1. The van der Waals surface area contributed by atoms with E-state index >= 15 is 0 Å². The van der Waals surface area contributed by atoms with Crippen LogP contribution in [0.5, 0.6) is 0 Å². The van der Waals surface area contributed by atoms with Crippen molar-refractivity contribution in [2.75, 3.05) is 9.62 Å². The second-order valence-electron chi connectivity index (χ2n) is 6.17. The maximum Gasteiger partial charge on any atom is 0.326 e. The summed E-state index contributed by atoms with van der Waals surface area (Å²) in [6.45, 7) is 2.77. The normalized spacial score (nSPS) is 12.2. The first-order chi connectivity index (χ1) is 13.5. The van der Waals surface area contributed by atoms with Gasteiger partial charge in [0.15, 0.2) is 5.82 Å². The van der Waals surface area contributed by atoms with Crippen molar-refractivity contribution in [2.45, 2.75) is 37.6 Å². The lowest BCUT2D eigenvalue weighted by molar-refractivity contribution is -0.140. The van der Waals surface area contributed by atoms with Gasteiger partial charge in [0, 0.05) is 25.1 Å². The smallest absolute Gasteiger partial charge is 0.326 e. The van der Waals surface area contributed by atoms with Crippen LogP contribution in [0.4, 0.5) is 11.5 Å². The highest BCUT2D eigenvalue weighted by molar-refractivity contribution is 7.92. The van der Waals surface area contributed by atoms with Gasteiger partial charge in [0.05, 0.1) is 4.90 Å². The Hall–Kier alpha value is -3.41. The van der Waals surface area contributed by atoms with Crippen molar-refractivity contribution >= 4 is 39.3 Å². The number of carbonyl (C=O) groups is 3. The van der Waals surface area contributed by atoms with Crippen molar-refractivity contribution in [2.24, 2.45) is 5.73 Å². The summed E-state index contributed by atoms with van der Waals surface area (Å²) in [6, 6.07) is 5.09. The molecule has 4 N–H and O–H groups in total. The number of amides is 2. The number of anilines is 2. The second-order valence-corrected chi connectivity index (χ2v) is 7.85. The fraction of sp³-hybridized carbons (Fsp3) is 0.294. The van der Waals surface area contributed by atoms with Gasteiger partial charge in [0.2, 0.25) is 11.8 Å². The third kappa shape index (κ3) is 5.54. The van der Waals surface area contributed by atoms with Crippen LogP contribution in [0.15, 0.2) is 39.8 Å². The number of aryl methyl sites for hydroxylation is 1. The predicted octanol–water partition coefficient (Wildman–Crippen LogP) is 0.855. The number of hydrogen-bond acceptors (Lipinski definition) is 7. The SMILES string of the molecule is CC(=O)N(c1ccc(S(=O)(=O)Nc2cc(C)on2)cc1)[C@@H](CCC(N)=O)C(=O)O. The van der Waals surface area contributed by atoms with E-state index in [1.165, 1.54) is 37.3 Å². The number of aliphatic carboxylic acids is 1. The lowest BCUT2D eigenvalue weighted by Crippen LogP contribution is -2.44. The highest BCUT2D eigenvalue weighted by atomic mass is 32.2. The number of nitrogens with zero attached hydrogens (tertiary/aromatic N) is 2. The van der Waals surface area contributed by atoms with Crippen molar-refractivity contribution < 1.29 is 32.4 Å². The first-order valence-corrected chi connectivity index (χ1v) is 9.86. The highest BCUT2D eigenvalue weighted by Crippen LogP contribution is 2.24. The number of nitrogens with one attached hydrogen (secondary N) is 1. The Morgan fingerprint density at radius 1 is 1.28 bits per heavy atom. The summed E-state index contributed by atoms with van der Waals surface area (Å²) in [5.74, 6) is -2.18. The molecule has 0 fully saturated rings. The van der Waals surface area contributed by atoms with Crippen LogP contribution in [0.3, 0.4) is 0 Å². The molecule has 0 radical (unpaired) electrons. The van der Waals surface area contributed by atoms with E-state index in [1.807, 2.05) is 0 Å². The third-order valence-electron chi connectivity index (χ3n) is 3.89. The number of nitrogens with two attached hydrogens (primary N) is 1. The lowest BCUT2D eigenvalue weighted by Gasteiger charge is -2.28. The average Bonchev–Trinajstić information content (AvgIpc) is 3.02. The first kappa shape index (κ1) is 21.9. The van der Waals surface area contributed by atoms with Gasteiger partial charge in [-0.05, 0) is 37.6 Å². The molecule has 1 aromatic heterocycles. The maximum atomic E-state index is 12.4. The minimum Gasteiger partial charge on any atom is -0.480 e. The van der Waals surface area contributed by atoms with Crippen molar-refractivity contribution in [3.8, 4) is 0 Å². The fourth-order valence-electron chi connectivity index (χ4n) is 2.62. The van der Waals surface area contributed by atoms with Gasteiger partial charge in [0.1, 0.15) is 11.8 Å². The summed E-state index contributed by atoms with van der Waals surface area (Å²) in [4.78, 5) is 35.5. The standard InChI is InChI=1S/C17H20N4O7S/c1-10-9-16(19-28-10)20-29(26,27)13-5-3-12(4-6-13)21(11(2)22)14(17(24)25)7-8-15(18)23/h3-6,9,14H,7-8H2,1-2H3,(H2,18,23)(H,19,20)(H,24,25)/t14-/m0/s1. The average molecular weight is 424 g/mol. The van der Waals surface area contributed by atoms with E-state index in [2.05, 4.69) is 9.88 Å². The number of carboxylic acid groups (broad SMARTS) is 1. The van der Waals surface area contributed by atoms with Crippen LogP contribution in [0.1, 0.15) is 25.5 Å². The summed E-state index contributed by atoms with van der Waals surface area (Å²) in [6.07, 6.45) is -0.411. The molecular formula is C17H20N4O7S. The molecule has 12 heteroatoms. The zero-order chi connectivity index (χ0) is 21.8. The van der Waals surface area contributed by atoms with E-state index in [0.717, 1.165) is 4.90 Å². The van der Waals surface area contributed by atoms with Gasteiger partial charge in [-0.25, -0.2) is 13.2 Å². The zero-order valence-corrected chi connectivity index (χ0v) is 16.5. The van der Waals surface area contributed by atoms with Gasteiger partial charge < -0.3 is 15.4 Å². The number of sulfonamides is 1. The van der Waals surface area contributed by atoms with Crippen LogP contribution in [0.2, 0.25) is 0 Å². The monoisotopic (exact) mass is 424 g/mol. The van der Waals surface area contributed by atoms with Crippen LogP contribution >= 0.6 is 0 Å². The topological polar surface area (TPSA) is 173 Å². The van der Waals surface area contributed by atoms with Crippen molar-refractivity contribution in [3.05, 3.63) is 36.1 Å². The van der Waals surface area contributed by atoms with E-state index in [0.29, 0.717) is 5.76 Å². The molecule has 1 heterocycles. The molecule has 0 unspecified atom stereocenters. The predicted molar refractivity (Wildman–Crippen MR) is 102 cm³/mol. The molecule has 0 saturated carbocycles. The summed E-state index contributed by atoms with van der Waals surface area (Å²) in [5, 5.41) is 13.0. The zero-order valence-electron chi connectivity index (χ0n) is 15.7. The fourth-order valence-corrected chi connectivity index (χ4v) is 3.60. The molecule has 1 aromatic carbocycles. The molecule has 0 bridgehead atoms. The molecule has 0 spiro atoms. The van der Waals surface area contributed by atoms with Crippen LogP contribution < -0.4 is 15.4 Å². The summed E-state index contributed by atoms with van der Waals surface area (Å²) < 4.78 is 31.9. The molecule has 0 saturated heterocycles. The largest absolute Gasteiger partial charge is 0.480 e. The van der Waals surface area contributed by atoms with Crippen molar-refractivity contribution in [3.63, 3.8) is 0 Å². The minimum absolute atomic E-state index is 0.00864. The molecular weight excluding hydrogens is 404 g/mol. The lowest BCUT2D eigenvalue weighted by atomic mass is 10.1. The van der Waals surface area contributed by atoms with Crippen LogP contribution in [0, 0.1) is 6.92 Å². The number of carbonyl (C=O) groups excluding carboxylic acids is 2. The summed E-state index contributed by atoms with van der Waals surface area (Å²) >= 11 is 0. The van der Waals surface area contributed by atoms with Gasteiger partial charge in [0.25, 0.3) is 10.0 Å². The van der Waals surface area contributed by atoms with Gasteiger partial charge in [-0.2, -0.15) is 0 Å². The van der Waals surface area contributed by atoms with E-state index in [-0.39, 0.29) is 29.2 Å². The van der Waals surface area contributed by atoms with Gasteiger partial charge in [-0.3, -0.25) is 19.2 Å². The van der Waals surface area contributed by atoms with Gasteiger partial charge in [-0.1, -0.05) is 5.16 Å². The Morgan fingerprint density at radius 2 is 1.90 bits per heavy atom. The summed E-state index contributed by atoms with van der Waals surface area (Å²) in [5.41, 5.74) is 5.23. The molecule has 29 heavy (non-hydrogen) atoms. The van der Waals surface area contributed by atoms with E-state index in [9.17, 15) is 27.9 Å². The molecule has 0 aliphatic heterocycles. The second kappa shape index (κ2) is 8.73. The Morgan fingerprint density at radius 3 is 2.34 bits per heavy atom.